The van der Waals surface area contributed by atoms with Gasteiger partial charge in [-0.1, -0.05) is 0 Å². The Morgan fingerprint density at radius 1 is 1.40 bits per heavy atom. The van der Waals surface area contributed by atoms with Crippen LogP contribution in [0.2, 0.25) is 0 Å². The van der Waals surface area contributed by atoms with Crippen LogP contribution in [0.1, 0.15) is 26.2 Å². The molecule has 0 radical (unpaired) electrons. The number of likely N-dealkylation sites (tertiary alicyclic amines) is 1. The van der Waals surface area contributed by atoms with Gasteiger partial charge in [-0.3, -0.25) is 4.79 Å². The van der Waals surface area contributed by atoms with Gasteiger partial charge in [-0.2, -0.15) is 0 Å². The fourth-order valence-corrected chi connectivity index (χ4v) is 2.10. The minimum Gasteiger partial charge on any atom is -0.480 e. The molecule has 0 aromatic rings. The van der Waals surface area contributed by atoms with Crippen molar-refractivity contribution in [3.8, 4) is 0 Å². The van der Waals surface area contributed by atoms with Gasteiger partial charge in [-0.05, 0) is 19.8 Å². The molecule has 114 valence electrons. The van der Waals surface area contributed by atoms with Gasteiger partial charge in [0.2, 0.25) is 5.91 Å². The van der Waals surface area contributed by atoms with Gasteiger partial charge in [0.1, 0.15) is 6.04 Å². The summed E-state index contributed by atoms with van der Waals surface area (Å²) in [6.07, 6.45) is 1.16. The van der Waals surface area contributed by atoms with E-state index in [-0.39, 0.29) is 6.10 Å². The van der Waals surface area contributed by atoms with Crippen LogP contribution in [0.15, 0.2) is 0 Å². The molecular formula is C12H21N3O5. The summed E-state index contributed by atoms with van der Waals surface area (Å²) in [7, 11) is 0. The first-order chi connectivity index (χ1) is 9.43. The summed E-state index contributed by atoms with van der Waals surface area (Å²) in [6, 6.07) is -1.78. The second-order valence-corrected chi connectivity index (χ2v) is 4.65. The number of rotatable bonds is 6. The minimum absolute atomic E-state index is 0.143. The number of amides is 3. The highest BCUT2D eigenvalue weighted by molar-refractivity contribution is 5.87. The third-order valence-electron chi connectivity index (χ3n) is 3.13. The van der Waals surface area contributed by atoms with Crippen LogP contribution in [-0.2, 0) is 14.3 Å². The average Bonchev–Trinajstić information content (AvgIpc) is 2.38. The first-order valence-corrected chi connectivity index (χ1v) is 6.62. The molecule has 0 spiro atoms. The lowest BCUT2D eigenvalue weighted by atomic mass is 10.1. The number of carbonyl (C=O) groups excluding carboxylic acids is 2. The smallest absolute Gasteiger partial charge is 0.326 e. The SMILES string of the molecule is CCOC1CCN(C(=O)NC(CC(N)=O)C(=O)O)CC1. The van der Waals surface area contributed by atoms with Crippen molar-refractivity contribution in [2.45, 2.75) is 38.3 Å². The highest BCUT2D eigenvalue weighted by Crippen LogP contribution is 2.13. The highest BCUT2D eigenvalue weighted by Gasteiger charge is 2.27. The van der Waals surface area contributed by atoms with E-state index >= 15 is 0 Å². The summed E-state index contributed by atoms with van der Waals surface area (Å²) in [6.45, 7) is 3.55. The van der Waals surface area contributed by atoms with Crippen molar-refractivity contribution in [3.63, 3.8) is 0 Å². The molecule has 4 N–H and O–H groups in total. The number of ether oxygens (including phenoxy) is 1. The lowest BCUT2D eigenvalue weighted by Gasteiger charge is -2.32. The number of urea groups is 1. The molecule has 1 aliphatic rings. The van der Waals surface area contributed by atoms with Gasteiger partial charge in [0.25, 0.3) is 0 Å². The van der Waals surface area contributed by atoms with Crippen LogP contribution < -0.4 is 11.1 Å². The molecule has 0 aromatic heterocycles. The Bertz CT molecular complexity index is 366. The number of nitrogens with one attached hydrogen (secondary N) is 1. The Morgan fingerprint density at radius 2 is 2.00 bits per heavy atom. The molecule has 0 saturated carbocycles. The lowest BCUT2D eigenvalue weighted by Crippen LogP contribution is -2.51. The fourth-order valence-electron chi connectivity index (χ4n) is 2.10. The normalized spacial score (nSPS) is 17.6. The number of hydrogen-bond donors (Lipinski definition) is 3. The van der Waals surface area contributed by atoms with Crippen LogP contribution in [0, 0.1) is 0 Å². The first-order valence-electron chi connectivity index (χ1n) is 6.62. The Labute approximate surface area is 117 Å². The topological polar surface area (TPSA) is 122 Å². The number of carboxylic acids is 1. The Kier molecular flexibility index (Phi) is 6.23. The number of hydrogen-bond acceptors (Lipinski definition) is 4. The van der Waals surface area contributed by atoms with E-state index in [4.69, 9.17) is 15.6 Å². The molecule has 1 rings (SSSR count). The minimum atomic E-state index is -1.29. The number of primary amides is 1. The van der Waals surface area contributed by atoms with Crippen molar-refractivity contribution in [3.05, 3.63) is 0 Å². The largest absolute Gasteiger partial charge is 0.480 e. The van der Waals surface area contributed by atoms with Crippen LogP contribution in [0.5, 0.6) is 0 Å². The molecule has 1 heterocycles. The molecule has 1 atom stereocenters. The van der Waals surface area contributed by atoms with E-state index in [1.807, 2.05) is 6.92 Å². The summed E-state index contributed by atoms with van der Waals surface area (Å²) in [5.41, 5.74) is 4.95. The maximum Gasteiger partial charge on any atom is 0.326 e. The monoisotopic (exact) mass is 287 g/mol. The average molecular weight is 287 g/mol. The summed E-state index contributed by atoms with van der Waals surface area (Å²) in [5, 5.41) is 11.2. The van der Waals surface area contributed by atoms with Gasteiger partial charge < -0.3 is 25.8 Å². The summed E-state index contributed by atoms with van der Waals surface area (Å²) >= 11 is 0. The van der Waals surface area contributed by atoms with E-state index in [0.29, 0.717) is 19.7 Å². The number of piperidine rings is 1. The lowest BCUT2D eigenvalue weighted by molar-refractivity contribution is -0.141. The first kappa shape index (κ1) is 16.2. The predicted molar refractivity (Wildman–Crippen MR) is 70.0 cm³/mol. The third-order valence-corrected chi connectivity index (χ3v) is 3.13. The van der Waals surface area contributed by atoms with E-state index in [1.165, 1.54) is 4.90 Å². The fraction of sp³-hybridized carbons (Fsp3) is 0.750. The number of aliphatic carboxylic acids is 1. The van der Waals surface area contributed by atoms with Crippen molar-refractivity contribution in [1.29, 1.82) is 0 Å². The van der Waals surface area contributed by atoms with E-state index in [0.717, 1.165) is 12.8 Å². The molecule has 1 aliphatic heterocycles. The van der Waals surface area contributed by atoms with Gasteiger partial charge in [-0.15, -0.1) is 0 Å². The second-order valence-electron chi connectivity index (χ2n) is 4.65. The summed E-state index contributed by atoms with van der Waals surface area (Å²) < 4.78 is 5.47. The Hall–Kier alpha value is -1.83. The van der Waals surface area contributed by atoms with Crippen LogP contribution >= 0.6 is 0 Å². The summed E-state index contributed by atoms with van der Waals surface area (Å²) in [5.74, 6) is -2.05. The van der Waals surface area contributed by atoms with Gasteiger partial charge in [0.15, 0.2) is 0 Å². The second kappa shape index (κ2) is 7.68. The zero-order chi connectivity index (χ0) is 15.1. The van der Waals surface area contributed by atoms with Crippen LogP contribution in [0.25, 0.3) is 0 Å². The van der Waals surface area contributed by atoms with Crippen molar-refractivity contribution in [2.75, 3.05) is 19.7 Å². The van der Waals surface area contributed by atoms with Gasteiger partial charge in [0.05, 0.1) is 12.5 Å². The molecule has 0 bridgehead atoms. The third kappa shape index (κ3) is 5.04. The van der Waals surface area contributed by atoms with Crippen molar-refractivity contribution >= 4 is 17.9 Å². The molecule has 20 heavy (non-hydrogen) atoms. The van der Waals surface area contributed by atoms with Crippen LogP contribution in [-0.4, -0.2) is 59.8 Å². The van der Waals surface area contributed by atoms with E-state index < -0.39 is 30.4 Å². The number of nitrogens with zero attached hydrogens (tertiary/aromatic N) is 1. The Morgan fingerprint density at radius 3 is 2.45 bits per heavy atom. The Balaban J connectivity index is 2.45. The van der Waals surface area contributed by atoms with Crippen LogP contribution in [0.4, 0.5) is 4.79 Å². The molecule has 0 aromatic carbocycles. The molecule has 1 saturated heterocycles. The highest BCUT2D eigenvalue weighted by atomic mass is 16.5. The molecule has 3 amide bonds. The van der Waals surface area contributed by atoms with Gasteiger partial charge >= 0.3 is 12.0 Å². The number of nitrogens with two attached hydrogens (primary N) is 1. The molecular weight excluding hydrogens is 266 g/mol. The maximum atomic E-state index is 11.9. The van der Waals surface area contributed by atoms with Gasteiger partial charge in [0, 0.05) is 19.7 Å². The maximum absolute atomic E-state index is 11.9. The van der Waals surface area contributed by atoms with Crippen molar-refractivity contribution in [2.24, 2.45) is 5.73 Å². The molecule has 8 nitrogen and oxygen atoms in total. The van der Waals surface area contributed by atoms with E-state index in [1.54, 1.807) is 0 Å². The predicted octanol–water partition coefficient (Wildman–Crippen LogP) is -0.474. The molecule has 8 heteroatoms. The standard InChI is InChI=1S/C12H21N3O5/c1-2-20-8-3-5-15(6-4-8)12(19)14-9(11(17)18)7-10(13)16/h8-9H,2-7H2,1H3,(H2,13,16)(H,14,19)(H,17,18). The quantitative estimate of drug-likeness (QED) is 0.609. The van der Waals surface area contributed by atoms with Crippen molar-refractivity contribution < 1.29 is 24.2 Å². The molecule has 0 aliphatic carbocycles. The summed E-state index contributed by atoms with van der Waals surface area (Å²) in [4.78, 5) is 35.1. The number of carboxylic acid groups (broad SMARTS) is 1. The molecule has 1 fully saturated rings. The van der Waals surface area contributed by atoms with Crippen LogP contribution in [0.3, 0.4) is 0 Å². The zero-order valence-electron chi connectivity index (χ0n) is 11.5. The van der Waals surface area contributed by atoms with Crippen molar-refractivity contribution in [1.82, 2.24) is 10.2 Å². The van der Waals surface area contributed by atoms with Gasteiger partial charge in [-0.25, -0.2) is 9.59 Å². The molecule has 1 unspecified atom stereocenters. The van der Waals surface area contributed by atoms with E-state index in [2.05, 4.69) is 5.32 Å². The number of carbonyl (C=O) groups is 3. The zero-order valence-corrected chi connectivity index (χ0v) is 11.5. The van der Waals surface area contributed by atoms with E-state index in [9.17, 15) is 14.4 Å².